The molecule has 0 unspecified atom stereocenters. The summed E-state index contributed by atoms with van der Waals surface area (Å²) in [7, 11) is 0. The van der Waals surface area contributed by atoms with Crippen molar-refractivity contribution >= 4 is 29.2 Å². The van der Waals surface area contributed by atoms with Crippen LogP contribution in [0.3, 0.4) is 0 Å². The van der Waals surface area contributed by atoms with Crippen LogP contribution in [0, 0.1) is 0 Å². The molecule has 4 N–H and O–H groups in total. The van der Waals surface area contributed by atoms with Gasteiger partial charge in [0.2, 0.25) is 11.8 Å². The molecule has 0 bridgehead atoms. The number of carbonyl (C=O) groups is 1. The normalized spacial score (nSPS) is 16.0. The van der Waals surface area contributed by atoms with E-state index in [2.05, 4.69) is 9.97 Å². The summed E-state index contributed by atoms with van der Waals surface area (Å²) in [5.74, 6) is -2.38. The third kappa shape index (κ3) is 2.97. The van der Waals surface area contributed by atoms with Gasteiger partial charge in [0.25, 0.3) is 5.56 Å². The lowest BCUT2D eigenvalue weighted by atomic mass is 9.84. The first-order valence-electron chi connectivity index (χ1n) is 7.50. The lowest BCUT2D eigenvalue weighted by molar-refractivity contribution is -0.139. The van der Waals surface area contributed by atoms with Crippen molar-refractivity contribution < 1.29 is 14.3 Å². The molecule has 0 aliphatic carbocycles. The monoisotopic (exact) mass is 397 g/mol. The summed E-state index contributed by atoms with van der Waals surface area (Å²) >= 11 is 12.6. The Morgan fingerprint density at radius 3 is 2.50 bits per heavy atom. The molecule has 1 aromatic carbocycles. The molecule has 136 valence electrons. The number of H-pyrrole nitrogens is 2. The summed E-state index contributed by atoms with van der Waals surface area (Å²) in [6.07, 6.45) is 0. The van der Waals surface area contributed by atoms with E-state index in [1.165, 1.54) is 0 Å². The number of benzene rings is 1. The van der Waals surface area contributed by atoms with E-state index in [4.69, 9.17) is 38.4 Å². The topological polar surface area (TPSA) is 127 Å². The Balaban J connectivity index is 2.37. The minimum Gasteiger partial charge on any atom is -0.462 e. The van der Waals surface area contributed by atoms with Crippen LogP contribution in [0.15, 0.2) is 39.2 Å². The number of aromatic nitrogens is 2. The molecule has 8 nitrogen and oxygen atoms in total. The van der Waals surface area contributed by atoms with Gasteiger partial charge in [-0.3, -0.25) is 14.8 Å². The van der Waals surface area contributed by atoms with Crippen molar-refractivity contribution in [2.75, 3.05) is 6.61 Å². The molecular weight excluding hydrogens is 385 g/mol. The number of halogens is 2. The molecule has 0 saturated heterocycles. The Morgan fingerprint density at radius 1 is 1.23 bits per heavy atom. The van der Waals surface area contributed by atoms with Gasteiger partial charge in [0.15, 0.2) is 0 Å². The van der Waals surface area contributed by atoms with Gasteiger partial charge in [-0.05, 0) is 19.1 Å². The van der Waals surface area contributed by atoms with Crippen molar-refractivity contribution in [3.05, 3.63) is 71.7 Å². The molecular formula is C16H13Cl2N3O5. The predicted molar refractivity (Wildman–Crippen MR) is 94.5 cm³/mol. The second-order valence-corrected chi connectivity index (χ2v) is 6.13. The SMILES string of the molecule is CCOC(=O)C1=C(N)Oc2[nH]c(=O)[nH]c(=O)c2[C@H]1c1c(Cl)cccc1Cl. The van der Waals surface area contributed by atoms with E-state index in [0.717, 1.165) is 0 Å². The molecule has 0 spiro atoms. The van der Waals surface area contributed by atoms with E-state index < -0.39 is 23.1 Å². The minimum atomic E-state index is -1.08. The molecule has 0 fully saturated rings. The van der Waals surface area contributed by atoms with Crippen molar-refractivity contribution in [3.8, 4) is 5.88 Å². The highest BCUT2D eigenvalue weighted by molar-refractivity contribution is 6.36. The van der Waals surface area contributed by atoms with E-state index >= 15 is 0 Å². The fraction of sp³-hybridized carbons (Fsp3) is 0.188. The first kappa shape index (κ1) is 18.1. The van der Waals surface area contributed by atoms with Crippen LogP contribution in [0.1, 0.15) is 24.0 Å². The minimum absolute atomic E-state index is 0.0585. The van der Waals surface area contributed by atoms with Crippen LogP contribution in [0.5, 0.6) is 5.88 Å². The molecule has 0 amide bonds. The highest BCUT2D eigenvalue weighted by atomic mass is 35.5. The maximum absolute atomic E-state index is 12.5. The van der Waals surface area contributed by atoms with Gasteiger partial charge in [-0.2, -0.15) is 0 Å². The zero-order valence-electron chi connectivity index (χ0n) is 13.4. The van der Waals surface area contributed by atoms with Gasteiger partial charge in [0, 0.05) is 15.6 Å². The summed E-state index contributed by atoms with van der Waals surface area (Å²) in [5, 5.41) is 0.408. The third-order valence-corrected chi connectivity index (χ3v) is 4.44. The Hall–Kier alpha value is -2.71. The van der Waals surface area contributed by atoms with Crippen LogP contribution in [0.2, 0.25) is 10.0 Å². The highest BCUT2D eigenvalue weighted by Crippen LogP contribution is 2.44. The van der Waals surface area contributed by atoms with Crippen LogP contribution in [0.25, 0.3) is 0 Å². The quantitative estimate of drug-likeness (QED) is 0.675. The van der Waals surface area contributed by atoms with E-state index in [9.17, 15) is 14.4 Å². The number of nitrogens with one attached hydrogen (secondary N) is 2. The molecule has 1 atom stereocenters. The Labute approximate surface area is 156 Å². The number of carbonyl (C=O) groups excluding carboxylic acids is 1. The summed E-state index contributed by atoms with van der Waals surface area (Å²) < 4.78 is 10.3. The highest BCUT2D eigenvalue weighted by Gasteiger charge is 2.40. The van der Waals surface area contributed by atoms with Crippen molar-refractivity contribution in [1.29, 1.82) is 0 Å². The Kier molecular flexibility index (Phi) is 4.80. The lowest BCUT2D eigenvalue weighted by Gasteiger charge is -2.28. The standard InChI is InChI=1S/C16H13Cl2N3O5/c1-2-25-15(23)10-9(8-6(17)4-3-5-7(8)18)11-13(22)20-16(24)21-14(11)26-12(10)19/h3-5,9H,2,19H2,1H3,(H2,20,21,22,24)/t9-/m0/s1. The van der Waals surface area contributed by atoms with Crippen molar-refractivity contribution in [3.63, 3.8) is 0 Å². The number of esters is 1. The third-order valence-electron chi connectivity index (χ3n) is 3.78. The molecule has 2 heterocycles. The van der Waals surface area contributed by atoms with Crippen molar-refractivity contribution in [1.82, 2.24) is 9.97 Å². The van der Waals surface area contributed by atoms with Gasteiger partial charge in [0.1, 0.15) is 5.57 Å². The fourth-order valence-electron chi connectivity index (χ4n) is 2.77. The summed E-state index contributed by atoms with van der Waals surface area (Å²) in [6, 6.07) is 4.72. The smallest absolute Gasteiger partial charge is 0.340 e. The van der Waals surface area contributed by atoms with Crippen LogP contribution < -0.4 is 21.7 Å². The number of hydrogen-bond donors (Lipinski definition) is 3. The van der Waals surface area contributed by atoms with Crippen LogP contribution in [-0.2, 0) is 9.53 Å². The number of ether oxygens (including phenoxy) is 2. The predicted octanol–water partition coefficient (Wildman–Crippen LogP) is 1.63. The number of rotatable bonds is 3. The van der Waals surface area contributed by atoms with E-state index in [-0.39, 0.29) is 45.1 Å². The average molecular weight is 398 g/mol. The van der Waals surface area contributed by atoms with Gasteiger partial charge >= 0.3 is 11.7 Å². The lowest BCUT2D eigenvalue weighted by Crippen LogP contribution is -2.36. The van der Waals surface area contributed by atoms with Gasteiger partial charge in [-0.25, -0.2) is 9.59 Å². The Bertz CT molecular complexity index is 1020. The molecule has 1 aliphatic heterocycles. The number of aromatic amines is 2. The Morgan fingerprint density at radius 2 is 1.88 bits per heavy atom. The molecule has 10 heteroatoms. The summed E-state index contributed by atoms with van der Waals surface area (Å²) in [4.78, 5) is 41.0. The fourth-order valence-corrected chi connectivity index (χ4v) is 3.39. The van der Waals surface area contributed by atoms with Gasteiger partial charge in [-0.15, -0.1) is 0 Å². The molecule has 1 aliphatic rings. The van der Waals surface area contributed by atoms with E-state index in [1.807, 2.05) is 0 Å². The van der Waals surface area contributed by atoms with Crippen LogP contribution >= 0.6 is 23.2 Å². The van der Waals surface area contributed by atoms with E-state index in [0.29, 0.717) is 0 Å². The van der Waals surface area contributed by atoms with Gasteiger partial charge in [-0.1, -0.05) is 29.3 Å². The summed E-state index contributed by atoms with van der Waals surface area (Å²) in [5.41, 5.74) is 4.41. The zero-order valence-corrected chi connectivity index (χ0v) is 14.9. The first-order chi connectivity index (χ1) is 12.3. The van der Waals surface area contributed by atoms with Crippen molar-refractivity contribution in [2.24, 2.45) is 5.73 Å². The maximum Gasteiger partial charge on any atom is 0.340 e. The van der Waals surface area contributed by atoms with Gasteiger partial charge < -0.3 is 15.2 Å². The second kappa shape index (κ2) is 6.89. The largest absolute Gasteiger partial charge is 0.462 e. The molecule has 26 heavy (non-hydrogen) atoms. The van der Waals surface area contributed by atoms with Gasteiger partial charge in [0.05, 0.1) is 18.1 Å². The summed E-state index contributed by atoms with van der Waals surface area (Å²) in [6.45, 7) is 1.70. The molecule has 0 saturated carbocycles. The molecule has 2 aromatic rings. The first-order valence-corrected chi connectivity index (χ1v) is 8.25. The molecule has 1 aromatic heterocycles. The molecule has 3 rings (SSSR count). The number of fused-ring (bicyclic) bond motifs is 1. The number of hydrogen-bond acceptors (Lipinski definition) is 6. The average Bonchev–Trinajstić information content (AvgIpc) is 2.53. The number of nitrogens with two attached hydrogens (primary N) is 1. The van der Waals surface area contributed by atoms with E-state index in [1.54, 1.807) is 25.1 Å². The zero-order chi connectivity index (χ0) is 19.0. The molecule has 0 radical (unpaired) electrons. The van der Waals surface area contributed by atoms with Crippen LogP contribution in [0.4, 0.5) is 0 Å². The van der Waals surface area contributed by atoms with Crippen LogP contribution in [-0.4, -0.2) is 22.5 Å². The maximum atomic E-state index is 12.5. The second-order valence-electron chi connectivity index (χ2n) is 5.32. The van der Waals surface area contributed by atoms with Crippen molar-refractivity contribution in [2.45, 2.75) is 12.8 Å².